The van der Waals surface area contributed by atoms with Crippen LogP contribution in [0.25, 0.3) is 23.0 Å². The smallest absolute Gasteiger partial charge is 0.262 e. The first-order valence-corrected chi connectivity index (χ1v) is 6.96. The highest BCUT2D eigenvalue weighted by atomic mass is 127. The Hall–Kier alpha value is -2.23. The standard InChI is InChI=1S/C13H9IN4O3/c1-20-11-5-3-9(16-17-11)12-15-13(21-18-12)8-6-7(14)2-4-10(8)19/h2-6,19H,1H3. The van der Waals surface area contributed by atoms with E-state index in [0.29, 0.717) is 23.0 Å². The molecule has 0 unspecified atom stereocenters. The lowest BCUT2D eigenvalue weighted by Crippen LogP contribution is -1.93. The van der Waals surface area contributed by atoms with Crippen molar-refractivity contribution in [3.05, 3.63) is 33.9 Å². The third-order valence-electron chi connectivity index (χ3n) is 2.69. The van der Waals surface area contributed by atoms with Crippen LogP contribution >= 0.6 is 22.6 Å². The van der Waals surface area contributed by atoms with Gasteiger partial charge in [0.25, 0.3) is 5.89 Å². The first-order chi connectivity index (χ1) is 10.2. The Labute approximate surface area is 133 Å². The molecule has 106 valence electrons. The van der Waals surface area contributed by atoms with Gasteiger partial charge >= 0.3 is 0 Å². The molecule has 0 spiro atoms. The molecule has 0 aliphatic carbocycles. The summed E-state index contributed by atoms with van der Waals surface area (Å²) in [6, 6.07) is 8.45. The fourth-order valence-electron chi connectivity index (χ4n) is 1.66. The van der Waals surface area contributed by atoms with Crippen LogP contribution in [0.1, 0.15) is 0 Å². The van der Waals surface area contributed by atoms with Crippen LogP contribution in [0.4, 0.5) is 0 Å². The molecule has 0 atom stereocenters. The van der Waals surface area contributed by atoms with E-state index in [4.69, 9.17) is 9.26 Å². The molecule has 1 aromatic carbocycles. The van der Waals surface area contributed by atoms with Crippen LogP contribution in [0.15, 0.2) is 34.9 Å². The van der Waals surface area contributed by atoms with Gasteiger partial charge in [-0.1, -0.05) is 5.16 Å². The highest BCUT2D eigenvalue weighted by Crippen LogP contribution is 2.30. The fourth-order valence-corrected chi connectivity index (χ4v) is 2.16. The van der Waals surface area contributed by atoms with E-state index in [2.05, 4.69) is 42.9 Å². The highest BCUT2D eigenvalue weighted by molar-refractivity contribution is 14.1. The second kappa shape index (κ2) is 5.64. The molecule has 0 saturated carbocycles. The Morgan fingerprint density at radius 3 is 2.76 bits per heavy atom. The topological polar surface area (TPSA) is 94.2 Å². The summed E-state index contributed by atoms with van der Waals surface area (Å²) in [5.41, 5.74) is 0.929. The third-order valence-corrected chi connectivity index (χ3v) is 3.36. The van der Waals surface area contributed by atoms with Crippen LogP contribution in [-0.4, -0.2) is 32.6 Å². The number of aromatic hydroxyl groups is 1. The zero-order chi connectivity index (χ0) is 14.8. The van der Waals surface area contributed by atoms with Gasteiger partial charge in [0.1, 0.15) is 11.4 Å². The van der Waals surface area contributed by atoms with E-state index in [1.165, 1.54) is 7.11 Å². The summed E-state index contributed by atoms with van der Waals surface area (Å²) in [6.45, 7) is 0. The Balaban J connectivity index is 1.97. The number of hydrogen-bond acceptors (Lipinski definition) is 7. The van der Waals surface area contributed by atoms with Gasteiger partial charge < -0.3 is 14.4 Å². The number of halogens is 1. The maximum atomic E-state index is 9.86. The molecule has 2 heterocycles. The zero-order valence-electron chi connectivity index (χ0n) is 10.8. The highest BCUT2D eigenvalue weighted by Gasteiger charge is 2.15. The summed E-state index contributed by atoms with van der Waals surface area (Å²) >= 11 is 2.14. The minimum Gasteiger partial charge on any atom is -0.507 e. The summed E-state index contributed by atoms with van der Waals surface area (Å²) < 4.78 is 11.1. The Kier molecular flexibility index (Phi) is 3.69. The summed E-state index contributed by atoms with van der Waals surface area (Å²) in [4.78, 5) is 4.22. The van der Waals surface area contributed by atoms with E-state index in [9.17, 15) is 5.11 Å². The first kappa shape index (κ1) is 13.7. The summed E-state index contributed by atoms with van der Waals surface area (Å²) in [7, 11) is 1.51. The largest absolute Gasteiger partial charge is 0.507 e. The van der Waals surface area contributed by atoms with Crippen LogP contribution < -0.4 is 4.74 Å². The van der Waals surface area contributed by atoms with Gasteiger partial charge in [0.15, 0.2) is 0 Å². The second-order valence-corrected chi connectivity index (χ2v) is 5.29. The lowest BCUT2D eigenvalue weighted by molar-refractivity contribution is 0.392. The molecule has 21 heavy (non-hydrogen) atoms. The molecule has 3 aromatic rings. The fraction of sp³-hybridized carbons (Fsp3) is 0.0769. The Bertz CT molecular complexity index is 773. The first-order valence-electron chi connectivity index (χ1n) is 5.88. The molecule has 1 N–H and O–H groups in total. The van der Waals surface area contributed by atoms with Gasteiger partial charge in [-0.15, -0.1) is 10.2 Å². The van der Waals surface area contributed by atoms with Crippen molar-refractivity contribution in [2.75, 3.05) is 7.11 Å². The predicted molar refractivity (Wildman–Crippen MR) is 81.7 cm³/mol. The lowest BCUT2D eigenvalue weighted by atomic mass is 10.2. The van der Waals surface area contributed by atoms with E-state index >= 15 is 0 Å². The van der Waals surface area contributed by atoms with Crippen LogP contribution in [0, 0.1) is 3.57 Å². The molecule has 0 aliphatic rings. The van der Waals surface area contributed by atoms with Crippen molar-refractivity contribution in [3.8, 4) is 34.6 Å². The van der Waals surface area contributed by atoms with E-state index in [1.807, 2.05) is 0 Å². The van der Waals surface area contributed by atoms with Gasteiger partial charge in [-0.3, -0.25) is 0 Å². The maximum Gasteiger partial charge on any atom is 0.262 e. The van der Waals surface area contributed by atoms with Gasteiger partial charge in [-0.2, -0.15) is 4.98 Å². The van der Waals surface area contributed by atoms with Crippen molar-refractivity contribution in [2.24, 2.45) is 0 Å². The average Bonchev–Trinajstić information content (AvgIpc) is 2.99. The molecule has 0 amide bonds. The number of methoxy groups -OCH3 is 1. The van der Waals surface area contributed by atoms with Crippen molar-refractivity contribution < 1.29 is 14.4 Å². The average molecular weight is 396 g/mol. The lowest BCUT2D eigenvalue weighted by Gasteiger charge is -1.99. The maximum absolute atomic E-state index is 9.86. The molecule has 0 saturated heterocycles. The minimum atomic E-state index is 0.0754. The van der Waals surface area contributed by atoms with Crippen LogP contribution in [-0.2, 0) is 0 Å². The van der Waals surface area contributed by atoms with Gasteiger partial charge in [0.05, 0.1) is 12.7 Å². The normalized spacial score (nSPS) is 10.6. The van der Waals surface area contributed by atoms with Crippen molar-refractivity contribution in [1.82, 2.24) is 20.3 Å². The molecule has 0 fully saturated rings. The molecule has 7 nitrogen and oxygen atoms in total. The van der Waals surface area contributed by atoms with Crippen molar-refractivity contribution in [2.45, 2.75) is 0 Å². The number of nitrogens with zero attached hydrogens (tertiary/aromatic N) is 4. The van der Waals surface area contributed by atoms with Crippen molar-refractivity contribution in [1.29, 1.82) is 0 Å². The summed E-state index contributed by atoms with van der Waals surface area (Å²) in [5, 5.41) is 21.5. The molecule has 3 rings (SSSR count). The van der Waals surface area contributed by atoms with Crippen LogP contribution in [0.3, 0.4) is 0 Å². The Morgan fingerprint density at radius 1 is 1.19 bits per heavy atom. The van der Waals surface area contributed by atoms with Crippen LogP contribution in [0.5, 0.6) is 11.6 Å². The van der Waals surface area contributed by atoms with E-state index in [0.717, 1.165) is 3.57 Å². The van der Waals surface area contributed by atoms with E-state index < -0.39 is 0 Å². The number of benzene rings is 1. The second-order valence-electron chi connectivity index (χ2n) is 4.05. The van der Waals surface area contributed by atoms with Crippen LogP contribution in [0.2, 0.25) is 0 Å². The molecule has 0 aliphatic heterocycles. The molecule has 8 heteroatoms. The monoisotopic (exact) mass is 396 g/mol. The number of phenols is 1. The molecular weight excluding hydrogens is 387 g/mol. The number of ether oxygens (including phenoxy) is 1. The quantitative estimate of drug-likeness (QED) is 0.680. The predicted octanol–water partition coefficient (Wildman–Crippen LogP) is 2.51. The summed E-state index contributed by atoms with van der Waals surface area (Å²) in [6.07, 6.45) is 0. The van der Waals surface area contributed by atoms with Crippen molar-refractivity contribution >= 4 is 22.6 Å². The number of rotatable bonds is 3. The van der Waals surface area contributed by atoms with Crippen molar-refractivity contribution in [3.63, 3.8) is 0 Å². The number of aromatic nitrogens is 4. The Morgan fingerprint density at radius 2 is 2.05 bits per heavy atom. The van der Waals surface area contributed by atoms with Gasteiger partial charge in [0, 0.05) is 9.64 Å². The number of phenolic OH excluding ortho intramolecular Hbond substituents is 1. The van der Waals surface area contributed by atoms with Gasteiger partial charge in [0.2, 0.25) is 11.7 Å². The molecule has 0 radical (unpaired) electrons. The van der Waals surface area contributed by atoms with E-state index in [-0.39, 0.29) is 11.6 Å². The molecular formula is C13H9IN4O3. The minimum absolute atomic E-state index is 0.0754. The van der Waals surface area contributed by atoms with E-state index in [1.54, 1.807) is 30.3 Å². The summed E-state index contributed by atoms with van der Waals surface area (Å²) in [5.74, 6) is 0.987. The van der Waals surface area contributed by atoms with Gasteiger partial charge in [-0.05, 0) is 46.9 Å². The zero-order valence-corrected chi connectivity index (χ0v) is 13.0. The number of hydrogen-bond donors (Lipinski definition) is 1. The molecule has 0 bridgehead atoms. The third kappa shape index (κ3) is 2.79. The molecule has 2 aromatic heterocycles. The van der Waals surface area contributed by atoms with Gasteiger partial charge in [-0.25, -0.2) is 0 Å². The SMILES string of the molecule is COc1ccc(-c2noc(-c3cc(I)ccc3O)n2)nn1.